The summed E-state index contributed by atoms with van der Waals surface area (Å²) in [7, 11) is 0. The third kappa shape index (κ3) is 4.86. The standard InChI is InChI=1S/C51H57.2ClH.Zr/c1-35-42(38-26-27-39(32-38)44(2,3)4)41(43(36-22-14-12-15-23-36)37-24-16-13-17-25-37)33-40-34-49(9)47(7)30-19-18-28-45(47,5)46(6)29-20-21-31-48(46,8)51(49,11)50(35,40)10;;;/h12-25,27-34H,26H2,1-11H3;2*1H;/q-1;;;+3/p-2. The molecule has 54 heavy (non-hydrogen) atoms. The van der Waals surface area contributed by atoms with E-state index in [0.29, 0.717) is 0 Å². The van der Waals surface area contributed by atoms with Crippen molar-refractivity contribution in [1.29, 1.82) is 0 Å². The van der Waals surface area contributed by atoms with Gasteiger partial charge in [-0.1, -0.05) is 207 Å². The van der Waals surface area contributed by atoms with Gasteiger partial charge >= 0.3 is 26.2 Å². The summed E-state index contributed by atoms with van der Waals surface area (Å²) in [5, 5.41) is 0. The summed E-state index contributed by atoms with van der Waals surface area (Å²) in [5.41, 5.74) is 11.4. The molecule has 279 valence electrons. The largest absolute Gasteiger partial charge is 3.00 e. The molecular weight excluding hydrogens is 775 g/mol. The molecule has 0 aliphatic heterocycles. The average Bonchev–Trinajstić information content (AvgIpc) is 3.67. The van der Waals surface area contributed by atoms with Crippen LogP contribution < -0.4 is 24.8 Å². The first-order valence-electron chi connectivity index (χ1n) is 19.3. The van der Waals surface area contributed by atoms with Gasteiger partial charge in [0.2, 0.25) is 0 Å². The molecule has 7 unspecified atom stereocenters. The Kier molecular flexibility index (Phi) is 10.7. The van der Waals surface area contributed by atoms with Gasteiger partial charge in [-0.25, -0.2) is 12.0 Å². The monoisotopic (exact) mass is 829 g/mol. The van der Waals surface area contributed by atoms with Crippen molar-refractivity contribution in [3.8, 4) is 0 Å². The van der Waals surface area contributed by atoms with E-state index in [2.05, 4.69) is 210 Å². The minimum atomic E-state index is -0.241. The molecule has 0 saturated heterocycles. The second-order valence-electron chi connectivity index (χ2n) is 18.7. The van der Waals surface area contributed by atoms with Gasteiger partial charge in [0, 0.05) is 16.2 Å². The van der Waals surface area contributed by atoms with E-state index >= 15 is 0 Å². The van der Waals surface area contributed by atoms with Gasteiger partial charge in [-0.15, -0.1) is 0 Å². The number of fused-ring (bicyclic) bond motifs is 8. The Balaban J connectivity index is 0.00000187. The summed E-state index contributed by atoms with van der Waals surface area (Å²) >= 11 is 0. The second kappa shape index (κ2) is 13.5. The van der Waals surface area contributed by atoms with E-state index in [4.69, 9.17) is 0 Å². The fourth-order valence-corrected chi connectivity index (χ4v) is 12.6. The SMILES string of the molecule is CC1=C(C2=CC(C(C)(C)C)=CC2)C(=C(c2ccccc2)c2ccccc2)C=C2[CH-]C3(C)C4(C)C=CC=CC4(C)C4(C)C=CC=CC4(C)C3(C)C21C.[Cl-].[Cl-].[Zr+3]. The molecule has 3 heteroatoms. The molecule has 0 heterocycles. The van der Waals surface area contributed by atoms with Crippen LogP contribution >= 0.6 is 0 Å². The molecule has 0 aromatic heterocycles. The van der Waals surface area contributed by atoms with Crippen LogP contribution in [-0.4, -0.2) is 0 Å². The van der Waals surface area contributed by atoms with Crippen molar-refractivity contribution >= 4 is 5.57 Å². The minimum Gasteiger partial charge on any atom is -1.00 e. The minimum absolute atomic E-state index is 0. The Labute approximate surface area is 358 Å². The number of hydrogen-bond donors (Lipinski definition) is 0. The molecule has 7 atom stereocenters. The molecule has 0 nitrogen and oxygen atoms in total. The van der Waals surface area contributed by atoms with Crippen molar-refractivity contribution < 1.29 is 51.0 Å². The molecule has 2 aromatic rings. The zero-order valence-corrected chi connectivity index (χ0v) is 38.1. The first-order chi connectivity index (χ1) is 24.0. The molecule has 8 rings (SSSR count). The van der Waals surface area contributed by atoms with E-state index < -0.39 is 0 Å². The van der Waals surface area contributed by atoms with E-state index in [1.165, 1.54) is 50.1 Å². The third-order valence-electron chi connectivity index (χ3n) is 16.5. The van der Waals surface area contributed by atoms with Gasteiger partial charge in [-0.05, 0) is 68.4 Å². The van der Waals surface area contributed by atoms with E-state index in [1.54, 1.807) is 0 Å². The maximum Gasteiger partial charge on any atom is 3.00 e. The first-order valence-corrected chi connectivity index (χ1v) is 19.3. The molecule has 2 fully saturated rings. The Bertz CT molecular complexity index is 2090. The van der Waals surface area contributed by atoms with E-state index in [9.17, 15) is 0 Å². The summed E-state index contributed by atoms with van der Waals surface area (Å²) in [4.78, 5) is 0. The fraction of sp³-hybridized carbons (Fsp3) is 0.392. The van der Waals surface area contributed by atoms with Crippen molar-refractivity contribution in [2.24, 2.45) is 43.3 Å². The van der Waals surface area contributed by atoms with Crippen LogP contribution in [0.4, 0.5) is 0 Å². The average molecular weight is 832 g/mol. The Morgan fingerprint density at radius 2 is 1.09 bits per heavy atom. The quantitative estimate of drug-likeness (QED) is 0.280. The third-order valence-corrected chi connectivity index (χ3v) is 16.5. The van der Waals surface area contributed by atoms with Crippen LogP contribution in [0.15, 0.2) is 161 Å². The van der Waals surface area contributed by atoms with Crippen LogP contribution in [-0.2, 0) is 26.2 Å². The Morgan fingerprint density at radius 3 is 1.57 bits per heavy atom. The van der Waals surface area contributed by atoms with Crippen molar-refractivity contribution in [1.82, 2.24) is 0 Å². The van der Waals surface area contributed by atoms with Gasteiger partial charge in [-0.2, -0.15) is 6.08 Å². The topological polar surface area (TPSA) is 0 Å². The smallest absolute Gasteiger partial charge is 1.00 e. The van der Waals surface area contributed by atoms with Crippen LogP contribution in [0.2, 0.25) is 0 Å². The van der Waals surface area contributed by atoms with Crippen molar-refractivity contribution in [3.05, 3.63) is 178 Å². The fourth-order valence-electron chi connectivity index (χ4n) is 12.6. The molecule has 0 amide bonds. The zero-order chi connectivity index (χ0) is 36.5. The van der Waals surface area contributed by atoms with Crippen LogP contribution in [0, 0.1) is 49.7 Å². The first kappa shape index (κ1) is 42.6. The number of hydrogen-bond acceptors (Lipinski definition) is 0. The van der Waals surface area contributed by atoms with Crippen LogP contribution in [0.1, 0.15) is 93.7 Å². The van der Waals surface area contributed by atoms with Gasteiger partial charge in [0.05, 0.1) is 0 Å². The summed E-state index contributed by atoms with van der Waals surface area (Å²) in [6.07, 6.45) is 31.0. The zero-order valence-electron chi connectivity index (χ0n) is 34.2. The number of benzene rings is 2. The summed E-state index contributed by atoms with van der Waals surface area (Å²) in [6.45, 7) is 27.8. The maximum absolute atomic E-state index is 2.77. The second-order valence-corrected chi connectivity index (χ2v) is 18.7. The summed E-state index contributed by atoms with van der Waals surface area (Å²) < 4.78 is 0. The summed E-state index contributed by atoms with van der Waals surface area (Å²) in [6, 6.07) is 22.2. The molecule has 1 radical (unpaired) electrons. The van der Waals surface area contributed by atoms with E-state index in [-0.39, 0.29) is 94.3 Å². The van der Waals surface area contributed by atoms with Gasteiger partial charge in [0.25, 0.3) is 0 Å². The molecule has 0 spiro atoms. The Morgan fingerprint density at radius 1 is 0.630 bits per heavy atom. The van der Waals surface area contributed by atoms with Gasteiger partial charge < -0.3 is 24.8 Å². The molecular formula is C51H57Cl2Zr. The normalized spacial score (nSPS) is 36.9. The molecule has 2 aromatic carbocycles. The predicted molar refractivity (Wildman–Crippen MR) is 218 cm³/mol. The van der Waals surface area contributed by atoms with Gasteiger partial charge in [0.1, 0.15) is 0 Å². The number of allylic oxidation sites excluding steroid dienone is 17. The van der Waals surface area contributed by atoms with Crippen LogP contribution in [0.3, 0.4) is 0 Å². The van der Waals surface area contributed by atoms with E-state index in [1.807, 2.05) is 0 Å². The van der Waals surface area contributed by atoms with Crippen LogP contribution in [0.5, 0.6) is 0 Å². The summed E-state index contributed by atoms with van der Waals surface area (Å²) in [5.74, 6) is 0. The molecule has 0 bridgehead atoms. The Hall–Kier alpha value is -2.57. The molecule has 2 saturated carbocycles. The van der Waals surface area contributed by atoms with Crippen molar-refractivity contribution in [3.63, 3.8) is 0 Å². The van der Waals surface area contributed by atoms with Gasteiger partial charge in [-0.3, -0.25) is 0 Å². The maximum atomic E-state index is 2.77. The van der Waals surface area contributed by atoms with Crippen molar-refractivity contribution in [2.75, 3.05) is 0 Å². The predicted octanol–water partition coefficient (Wildman–Crippen LogP) is 7.58. The molecule has 0 N–H and O–H groups in total. The van der Waals surface area contributed by atoms with Crippen molar-refractivity contribution in [2.45, 2.75) is 82.6 Å². The number of rotatable bonds is 3. The number of halogens is 2. The van der Waals surface area contributed by atoms with Gasteiger partial charge in [0.15, 0.2) is 0 Å². The van der Waals surface area contributed by atoms with E-state index in [0.717, 1.165) is 6.42 Å². The molecule has 6 aliphatic carbocycles. The molecule has 6 aliphatic rings. The van der Waals surface area contributed by atoms with Crippen LogP contribution in [0.25, 0.3) is 5.57 Å².